The zero-order valence-electron chi connectivity index (χ0n) is 16.7. The molecule has 3 rings (SSSR count). The first-order chi connectivity index (χ1) is 13.6. The van der Waals surface area contributed by atoms with Gasteiger partial charge in [-0.1, -0.05) is 51.9 Å². The summed E-state index contributed by atoms with van der Waals surface area (Å²) in [5.41, 5.74) is -0.372. The van der Waals surface area contributed by atoms with Gasteiger partial charge >= 0.3 is 5.69 Å². The van der Waals surface area contributed by atoms with Crippen LogP contribution in [0.4, 0.5) is 0 Å². The SMILES string of the molecule is CCCCCCCCCCc1cc2cn([C@H]3C[C@H](O)[C@@H](CO)O3)c(=O)nc2s1. The van der Waals surface area contributed by atoms with E-state index in [1.165, 1.54) is 60.8 Å². The zero-order valence-corrected chi connectivity index (χ0v) is 17.5. The molecule has 156 valence electrons. The molecule has 2 aromatic heterocycles. The summed E-state index contributed by atoms with van der Waals surface area (Å²) in [6.45, 7) is 1.98. The van der Waals surface area contributed by atoms with E-state index in [9.17, 15) is 15.0 Å². The van der Waals surface area contributed by atoms with Crippen LogP contribution in [0.2, 0.25) is 0 Å². The summed E-state index contributed by atoms with van der Waals surface area (Å²) in [4.78, 5) is 18.6. The summed E-state index contributed by atoms with van der Waals surface area (Å²) in [5.74, 6) is 0. The van der Waals surface area contributed by atoms with E-state index < -0.39 is 18.4 Å². The summed E-state index contributed by atoms with van der Waals surface area (Å²) in [6.07, 6.45) is 11.5. The Kier molecular flexibility index (Phi) is 8.02. The van der Waals surface area contributed by atoms with Gasteiger partial charge in [-0.3, -0.25) is 4.57 Å². The summed E-state index contributed by atoms with van der Waals surface area (Å²) in [6, 6.07) is 2.11. The molecule has 0 saturated carbocycles. The summed E-state index contributed by atoms with van der Waals surface area (Å²) >= 11 is 1.59. The first-order valence-electron chi connectivity index (χ1n) is 10.6. The number of hydrogen-bond donors (Lipinski definition) is 2. The van der Waals surface area contributed by atoms with Crippen LogP contribution in [-0.4, -0.2) is 38.6 Å². The molecule has 3 atom stereocenters. The van der Waals surface area contributed by atoms with Crippen molar-refractivity contribution in [2.75, 3.05) is 6.61 Å². The lowest BCUT2D eigenvalue weighted by Crippen LogP contribution is -2.27. The predicted molar refractivity (Wildman–Crippen MR) is 112 cm³/mol. The number of rotatable bonds is 11. The molecule has 1 aliphatic rings. The molecule has 0 aliphatic carbocycles. The van der Waals surface area contributed by atoms with Crippen molar-refractivity contribution in [2.24, 2.45) is 0 Å². The fourth-order valence-electron chi connectivity index (χ4n) is 3.79. The van der Waals surface area contributed by atoms with Gasteiger partial charge in [-0.25, -0.2) is 4.79 Å². The van der Waals surface area contributed by atoms with Gasteiger partial charge in [0.15, 0.2) is 0 Å². The van der Waals surface area contributed by atoms with Gasteiger partial charge in [-0.15, -0.1) is 11.3 Å². The molecule has 0 amide bonds. The van der Waals surface area contributed by atoms with E-state index in [-0.39, 0.29) is 18.7 Å². The Morgan fingerprint density at radius 1 is 1.21 bits per heavy atom. The van der Waals surface area contributed by atoms with Crippen LogP contribution in [-0.2, 0) is 11.2 Å². The number of aromatic nitrogens is 2. The molecule has 3 heterocycles. The van der Waals surface area contributed by atoms with Crippen LogP contribution >= 0.6 is 11.3 Å². The van der Waals surface area contributed by atoms with Gasteiger partial charge in [-0.05, 0) is 18.9 Å². The molecule has 28 heavy (non-hydrogen) atoms. The molecule has 2 aromatic rings. The van der Waals surface area contributed by atoms with Crippen molar-refractivity contribution in [3.05, 3.63) is 27.6 Å². The Balaban J connectivity index is 1.55. The smallest absolute Gasteiger partial charge is 0.351 e. The summed E-state index contributed by atoms with van der Waals surface area (Å²) in [7, 11) is 0. The average molecular weight is 409 g/mol. The highest BCUT2D eigenvalue weighted by Gasteiger charge is 2.35. The van der Waals surface area contributed by atoms with Crippen LogP contribution < -0.4 is 5.69 Å². The number of hydrogen-bond acceptors (Lipinski definition) is 6. The van der Waals surface area contributed by atoms with Crippen LogP contribution in [0.5, 0.6) is 0 Å². The van der Waals surface area contributed by atoms with Crippen molar-refractivity contribution < 1.29 is 14.9 Å². The molecular weight excluding hydrogens is 376 g/mol. The number of nitrogens with zero attached hydrogens (tertiary/aromatic N) is 2. The van der Waals surface area contributed by atoms with E-state index in [2.05, 4.69) is 18.0 Å². The highest BCUT2D eigenvalue weighted by Crippen LogP contribution is 2.30. The largest absolute Gasteiger partial charge is 0.394 e. The maximum absolute atomic E-state index is 12.4. The van der Waals surface area contributed by atoms with Gasteiger partial charge in [0.2, 0.25) is 0 Å². The lowest BCUT2D eigenvalue weighted by atomic mass is 10.1. The summed E-state index contributed by atoms with van der Waals surface area (Å²) < 4.78 is 7.04. The highest BCUT2D eigenvalue weighted by atomic mass is 32.1. The molecule has 0 unspecified atom stereocenters. The van der Waals surface area contributed by atoms with Crippen LogP contribution in [0, 0.1) is 0 Å². The van der Waals surface area contributed by atoms with Gasteiger partial charge in [0, 0.05) is 22.9 Å². The Hall–Kier alpha value is -1.28. The molecule has 0 bridgehead atoms. The molecule has 0 spiro atoms. The minimum absolute atomic E-state index is 0.261. The fraction of sp³-hybridized carbons (Fsp3) is 0.714. The van der Waals surface area contributed by atoms with Gasteiger partial charge < -0.3 is 14.9 Å². The third-order valence-electron chi connectivity index (χ3n) is 5.46. The van der Waals surface area contributed by atoms with Crippen LogP contribution in [0.25, 0.3) is 10.2 Å². The predicted octanol–water partition coefficient (Wildman–Crippen LogP) is 3.78. The maximum atomic E-state index is 12.4. The number of fused-ring (bicyclic) bond motifs is 1. The maximum Gasteiger partial charge on any atom is 0.351 e. The van der Waals surface area contributed by atoms with Crippen LogP contribution in [0.15, 0.2) is 17.1 Å². The lowest BCUT2D eigenvalue weighted by Gasteiger charge is -2.14. The fourth-order valence-corrected chi connectivity index (χ4v) is 4.82. The van der Waals surface area contributed by atoms with Crippen molar-refractivity contribution in [2.45, 2.75) is 89.6 Å². The van der Waals surface area contributed by atoms with Gasteiger partial charge in [-0.2, -0.15) is 4.98 Å². The van der Waals surface area contributed by atoms with Crippen LogP contribution in [0.3, 0.4) is 0 Å². The van der Waals surface area contributed by atoms with Crippen molar-refractivity contribution in [1.29, 1.82) is 0 Å². The highest BCUT2D eigenvalue weighted by molar-refractivity contribution is 7.18. The molecule has 0 aromatic carbocycles. The number of thiophene rings is 1. The third-order valence-corrected chi connectivity index (χ3v) is 6.56. The molecule has 0 radical (unpaired) electrons. The molecule has 6 nitrogen and oxygen atoms in total. The average Bonchev–Trinajstić information content (AvgIpc) is 3.25. The Morgan fingerprint density at radius 2 is 1.93 bits per heavy atom. The van der Waals surface area contributed by atoms with E-state index in [0.717, 1.165) is 16.6 Å². The topological polar surface area (TPSA) is 84.6 Å². The van der Waals surface area contributed by atoms with Gasteiger partial charge in [0.25, 0.3) is 0 Å². The molecule has 7 heteroatoms. The van der Waals surface area contributed by atoms with Crippen molar-refractivity contribution in [3.63, 3.8) is 0 Å². The second kappa shape index (κ2) is 10.5. The van der Waals surface area contributed by atoms with Crippen molar-refractivity contribution >= 4 is 21.6 Å². The van der Waals surface area contributed by atoms with Crippen molar-refractivity contribution in [3.8, 4) is 0 Å². The number of aryl methyl sites for hydroxylation is 1. The molecular formula is C21H32N2O4S. The molecule has 1 aliphatic heterocycles. The number of aliphatic hydroxyl groups is 2. The van der Waals surface area contributed by atoms with Crippen LogP contribution in [0.1, 0.15) is 75.8 Å². The van der Waals surface area contributed by atoms with E-state index >= 15 is 0 Å². The number of unbranched alkanes of at least 4 members (excludes halogenated alkanes) is 7. The quantitative estimate of drug-likeness (QED) is 0.553. The Morgan fingerprint density at radius 3 is 2.61 bits per heavy atom. The van der Waals surface area contributed by atoms with Gasteiger partial charge in [0.1, 0.15) is 17.2 Å². The Labute approximate surface area is 170 Å². The molecule has 2 N–H and O–H groups in total. The molecule has 1 saturated heterocycles. The first kappa shape index (κ1) is 21.4. The minimum Gasteiger partial charge on any atom is -0.394 e. The van der Waals surface area contributed by atoms with E-state index in [4.69, 9.17) is 4.74 Å². The number of ether oxygens (including phenoxy) is 1. The minimum atomic E-state index is -0.766. The monoisotopic (exact) mass is 408 g/mol. The second-order valence-electron chi connectivity index (χ2n) is 7.74. The summed E-state index contributed by atoms with van der Waals surface area (Å²) in [5, 5.41) is 20.1. The molecule has 1 fully saturated rings. The normalized spacial score (nSPS) is 22.3. The van der Waals surface area contributed by atoms with E-state index in [1.807, 2.05) is 0 Å². The zero-order chi connectivity index (χ0) is 19.9. The van der Waals surface area contributed by atoms with Crippen molar-refractivity contribution in [1.82, 2.24) is 9.55 Å². The standard InChI is InChI=1S/C21H32N2O4S/c1-2-3-4-5-6-7-8-9-10-16-11-15-13-23(21(26)22-20(15)28-16)19-12-17(25)18(14-24)27-19/h11,13,17-19,24-25H,2-10,12,14H2,1H3/t17-,18+,19+/m0/s1. The van der Waals surface area contributed by atoms with E-state index in [0.29, 0.717) is 0 Å². The third kappa shape index (κ3) is 5.41. The second-order valence-corrected chi connectivity index (χ2v) is 8.86. The van der Waals surface area contributed by atoms with E-state index in [1.54, 1.807) is 17.5 Å². The number of aliphatic hydroxyl groups excluding tert-OH is 2. The van der Waals surface area contributed by atoms with Gasteiger partial charge in [0.05, 0.1) is 12.7 Å². The first-order valence-corrected chi connectivity index (χ1v) is 11.4. The lowest BCUT2D eigenvalue weighted by molar-refractivity contribution is -0.0457. The Bertz CT molecular complexity index is 803.